The van der Waals surface area contributed by atoms with E-state index in [0.717, 1.165) is 36.1 Å². The zero-order valence-electron chi connectivity index (χ0n) is 13.3. The first-order valence-corrected chi connectivity index (χ1v) is 7.61. The van der Waals surface area contributed by atoms with Gasteiger partial charge in [0, 0.05) is 6.04 Å². The summed E-state index contributed by atoms with van der Waals surface area (Å²) in [4.78, 5) is 0. The lowest BCUT2D eigenvalue weighted by atomic mass is 9.90. The van der Waals surface area contributed by atoms with Crippen LogP contribution in [-0.2, 0) is 12.8 Å². The van der Waals surface area contributed by atoms with Gasteiger partial charge in [-0.1, -0.05) is 6.07 Å². The molecule has 122 valence electrons. The molecule has 0 aromatic heterocycles. The van der Waals surface area contributed by atoms with Crippen molar-refractivity contribution in [1.82, 2.24) is 5.32 Å². The van der Waals surface area contributed by atoms with Crippen LogP contribution in [0.3, 0.4) is 0 Å². The summed E-state index contributed by atoms with van der Waals surface area (Å²) in [5, 5.41) is 22.9. The summed E-state index contributed by atoms with van der Waals surface area (Å²) < 4.78 is 10.6. The van der Waals surface area contributed by atoms with Gasteiger partial charge in [-0.25, -0.2) is 0 Å². The van der Waals surface area contributed by atoms with Crippen molar-refractivity contribution in [3.8, 4) is 23.0 Å². The van der Waals surface area contributed by atoms with Crippen LogP contribution in [-0.4, -0.2) is 31.0 Å². The second-order valence-corrected chi connectivity index (χ2v) is 5.69. The summed E-state index contributed by atoms with van der Waals surface area (Å²) in [5.74, 6) is 1.27. The molecule has 0 aliphatic carbocycles. The summed E-state index contributed by atoms with van der Waals surface area (Å²) in [6, 6.07) is 9.28. The van der Waals surface area contributed by atoms with E-state index in [1.165, 1.54) is 0 Å². The van der Waals surface area contributed by atoms with Crippen LogP contribution >= 0.6 is 0 Å². The normalized spacial score (nSPS) is 16.7. The van der Waals surface area contributed by atoms with Crippen LogP contribution in [0.2, 0.25) is 0 Å². The predicted octanol–water partition coefficient (Wildman–Crippen LogP) is 2.54. The first kappa shape index (κ1) is 15.5. The lowest BCUT2D eigenvalue weighted by Crippen LogP contribution is -2.31. The van der Waals surface area contributed by atoms with E-state index in [4.69, 9.17) is 9.47 Å². The van der Waals surface area contributed by atoms with Crippen LogP contribution in [0, 0.1) is 0 Å². The fourth-order valence-electron chi connectivity index (χ4n) is 3.09. The molecule has 3 rings (SSSR count). The van der Waals surface area contributed by atoms with E-state index < -0.39 is 0 Å². The number of aromatic hydroxyl groups is 2. The Balaban J connectivity index is 1.89. The maximum atomic E-state index is 9.80. The number of fused-ring (bicyclic) bond motifs is 1. The summed E-state index contributed by atoms with van der Waals surface area (Å²) in [6.45, 7) is 0.842. The Morgan fingerprint density at radius 2 is 1.78 bits per heavy atom. The Morgan fingerprint density at radius 3 is 2.52 bits per heavy atom. The highest BCUT2D eigenvalue weighted by molar-refractivity contribution is 5.49. The van der Waals surface area contributed by atoms with Crippen molar-refractivity contribution in [2.75, 3.05) is 20.8 Å². The largest absolute Gasteiger partial charge is 0.504 e. The van der Waals surface area contributed by atoms with Gasteiger partial charge in [0.15, 0.2) is 23.0 Å². The van der Waals surface area contributed by atoms with Crippen molar-refractivity contribution in [1.29, 1.82) is 0 Å². The molecule has 5 heteroatoms. The number of hydrogen-bond donors (Lipinski definition) is 3. The molecular formula is C18H21NO4. The molecule has 0 saturated carbocycles. The van der Waals surface area contributed by atoms with Crippen LogP contribution in [0.15, 0.2) is 30.3 Å². The number of hydrogen-bond acceptors (Lipinski definition) is 5. The molecule has 0 amide bonds. The summed E-state index contributed by atoms with van der Waals surface area (Å²) >= 11 is 0. The number of ether oxygens (including phenoxy) is 2. The van der Waals surface area contributed by atoms with Crippen molar-refractivity contribution in [3.05, 3.63) is 47.0 Å². The van der Waals surface area contributed by atoms with Gasteiger partial charge < -0.3 is 25.0 Å². The van der Waals surface area contributed by atoms with E-state index in [9.17, 15) is 10.2 Å². The third kappa shape index (κ3) is 3.05. The number of phenolic OH excluding ortho intramolecular Hbond substituents is 2. The predicted molar refractivity (Wildman–Crippen MR) is 87.5 cm³/mol. The summed E-state index contributed by atoms with van der Waals surface area (Å²) in [6.07, 6.45) is 1.60. The molecule has 1 aliphatic heterocycles. The maximum absolute atomic E-state index is 9.80. The Labute approximate surface area is 135 Å². The zero-order valence-corrected chi connectivity index (χ0v) is 13.3. The van der Waals surface area contributed by atoms with Crippen molar-refractivity contribution >= 4 is 0 Å². The highest BCUT2D eigenvalue weighted by atomic mass is 16.5. The fourth-order valence-corrected chi connectivity index (χ4v) is 3.09. The van der Waals surface area contributed by atoms with Gasteiger partial charge in [0.2, 0.25) is 0 Å². The van der Waals surface area contributed by atoms with Gasteiger partial charge in [-0.15, -0.1) is 0 Å². The van der Waals surface area contributed by atoms with Gasteiger partial charge in [-0.2, -0.15) is 0 Å². The molecule has 1 heterocycles. The molecule has 0 radical (unpaired) electrons. The Kier molecular flexibility index (Phi) is 4.30. The smallest absolute Gasteiger partial charge is 0.160 e. The standard InChI is InChI=1S/C18H21NO4/c1-22-17-4-3-11(8-18(17)23-2)7-14-13-10-16(21)15(20)9-12(13)5-6-19-14/h3-4,8-10,14,19-21H,5-7H2,1-2H3. The average molecular weight is 315 g/mol. The van der Waals surface area contributed by atoms with E-state index in [2.05, 4.69) is 5.32 Å². The first-order chi connectivity index (χ1) is 11.1. The van der Waals surface area contributed by atoms with E-state index in [1.54, 1.807) is 26.4 Å². The van der Waals surface area contributed by atoms with Crippen molar-refractivity contribution < 1.29 is 19.7 Å². The molecule has 1 aliphatic rings. The monoisotopic (exact) mass is 315 g/mol. The van der Waals surface area contributed by atoms with Gasteiger partial charge in [-0.05, 0) is 60.3 Å². The minimum Gasteiger partial charge on any atom is -0.504 e. The van der Waals surface area contributed by atoms with Crippen molar-refractivity contribution in [2.45, 2.75) is 18.9 Å². The second-order valence-electron chi connectivity index (χ2n) is 5.69. The molecule has 1 atom stereocenters. The minimum absolute atomic E-state index is 0.0597. The van der Waals surface area contributed by atoms with E-state index in [0.29, 0.717) is 11.5 Å². The quantitative estimate of drug-likeness (QED) is 0.756. The average Bonchev–Trinajstić information content (AvgIpc) is 2.56. The van der Waals surface area contributed by atoms with Crippen LogP contribution in [0.25, 0.3) is 0 Å². The highest BCUT2D eigenvalue weighted by Gasteiger charge is 2.22. The SMILES string of the molecule is COc1ccc(CC2NCCc3cc(O)c(O)cc32)cc1OC. The molecule has 2 aromatic carbocycles. The summed E-state index contributed by atoms with van der Waals surface area (Å²) in [5.41, 5.74) is 3.21. The number of rotatable bonds is 4. The third-order valence-electron chi connectivity index (χ3n) is 4.28. The van der Waals surface area contributed by atoms with E-state index in [-0.39, 0.29) is 17.5 Å². The lowest BCUT2D eigenvalue weighted by molar-refractivity contribution is 0.354. The molecular weight excluding hydrogens is 294 g/mol. The number of phenols is 2. The topological polar surface area (TPSA) is 71.0 Å². The minimum atomic E-state index is -0.0789. The first-order valence-electron chi connectivity index (χ1n) is 7.61. The third-order valence-corrected chi connectivity index (χ3v) is 4.28. The van der Waals surface area contributed by atoms with Crippen molar-refractivity contribution in [3.63, 3.8) is 0 Å². The molecule has 23 heavy (non-hydrogen) atoms. The lowest BCUT2D eigenvalue weighted by Gasteiger charge is -2.27. The summed E-state index contributed by atoms with van der Waals surface area (Å²) in [7, 11) is 3.24. The van der Waals surface area contributed by atoms with Crippen LogP contribution in [0.4, 0.5) is 0 Å². The van der Waals surface area contributed by atoms with Crippen LogP contribution < -0.4 is 14.8 Å². The van der Waals surface area contributed by atoms with E-state index in [1.807, 2.05) is 18.2 Å². The molecule has 0 spiro atoms. The Bertz CT molecular complexity index is 714. The number of methoxy groups -OCH3 is 2. The Morgan fingerprint density at radius 1 is 1.04 bits per heavy atom. The van der Waals surface area contributed by atoms with Gasteiger partial charge in [0.25, 0.3) is 0 Å². The van der Waals surface area contributed by atoms with Crippen molar-refractivity contribution in [2.24, 2.45) is 0 Å². The molecule has 1 unspecified atom stereocenters. The van der Waals surface area contributed by atoms with Gasteiger partial charge >= 0.3 is 0 Å². The Hall–Kier alpha value is -2.40. The maximum Gasteiger partial charge on any atom is 0.160 e. The molecule has 2 aromatic rings. The highest BCUT2D eigenvalue weighted by Crippen LogP contribution is 2.36. The van der Waals surface area contributed by atoms with Gasteiger partial charge in [0.05, 0.1) is 14.2 Å². The fraction of sp³-hybridized carbons (Fsp3) is 0.333. The molecule has 0 saturated heterocycles. The van der Waals surface area contributed by atoms with Crippen LogP contribution in [0.1, 0.15) is 22.7 Å². The second kappa shape index (κ2) is 6.38. The van der Waals surface area contributed by atoms with Gasteiger partial charge in [-0.3, -0.25) is 0 Å². The number of nitrogens with one attached hydrogen (secondary N) is 1. The van der Waals surface area contributed by atoms with E-state index >= 15 is 0 Å². The number of benzene rings is 2. The molecule has 3 N–H and O–H groups in total. The molecule has 0 bridgehead atoms. The molecule has 0 fully saturated rings. The van der Waals surface area contributed by atoms with Gasteiger partial charge in [0.1, 0.15) is 0 Å². The van der Waals surface area contributed by atoms with Crippen LogP contribution in [0.5, 0.6) is 23.0 Å². The molecule has 5 nitrogen and oxygen atoms in total. The zero-order chi connectivity index (χ0) is 16.4.